The van der Waals surface area contributed by atoms with E-state index in [0.29, 0.717) is 6.54 Å². The van der Waals surface area contributed by atoms with Gasteiger partial charge in [0.25, 0.3) is 0 Å². The van der Waals surface area contributed by atoms with Gasteiger partial charge in [-0.1, -0.05) is 0 Å². The van der Waals surface area contributed by atoms with E-state index in [-0.39, 0.29) is 24.9 Å². The Hall–Kier alpha value is -1.63. The molecule has 0 bridgehead atoms. The Bertz CT molecular complexity index is 307. The fourth-order valence-corrected chi connectivity index (χ4v) is 1.44. The molecular weight excluding hydrogens is 238 g/mol. The second-order valence-corrected chi connectivity index (χ2v) is 3.93. The van der Waals surface area contributed by atoms with Crippen LogP contribution >= 0.6 is 0 Å². The molecule has 1 unspecified atom stereocenters. The van der Waals surface area contributed by atoms with Crippen LogP contribution in [0.5, 0.6) is 0 Å². The van der Waals surface area contributed by atoms with Crippen molar-refractivity contribution in [1.82, 2.24) is 15.5 Å². The first-order valence-electron chi connectivity index (χ1n) is 5.70. The van der Waals surface area contributed by atoms with Gasteiger partial charge >= 0.3 is 5.97 Å². The van der Waals surface area contributed by atoms with Gasteiger partial charge < -0.3 is 15.4 Å². The van der Waals surface area contributed by atoms with Gasteiger partial charge in [0, 0.05) is 20.0 Å². The molecule has 0 aromatic rings. The Balaban J connectivity index is 4.34. The highest BCUT2D eigenvalue weighted by Gasteiger charge is 2.22. The third kappa shape index (κ3) is 6.85. The third-order valence-electron chi connectivity index (χ3n) is 2.14. The molecule has 0 aliphatic rings. The highest BCUT2D eigenvalue weighted by Crippen LogP contribution is 1.93. The number of amides is 2. The van der Waals surface area contributed by atoms with Gasteiger partial charge in [0.15, 0.2) is 0 Å². The van der Waals surface area contributed by atoms with Crippen molar-refractivity contribution in [3.63, 3.8) is 0 Å². The van der Waals surface area contributed by atoms with Gasteiger partial charge in [-0.2, -0.15) is 0 Å². The van der Waals surface area contributed by atoms with Crippen molar-refractivity contribution in [2.75, 3.05) is 33.8 Å². The molecule has 18 heavy (non-hydrogen) atoms. The molecule has 0 saturated heterocycles. The quantitative estimate of drug-likeness (QED) is 0.557. The summed E-state index contributed by atoms with van der Waals surface area (Å²) in [5, 5.41) is 5.13. The number of hydrogen-bond acceptors (Lipinski definition) is 5. The molecule has 1 atom stereocenters. The van der Waals surface area contributed by atoms with E-state index in [1.165, 1.54) is 14.0 Å². The largest absolute Gasteiger partial charge is 0.467 e. The van der Waals surface area contributed by atoms with Gasteiger partial charge in [-0.05, 0) is 14.0 Å². The fourth-order valence-electron chi connectivity index (χ4n) is 1.44. The number of carbonyl (C=O) groups is 3. The van der Waals surface area contributed by atoms with Crippen molar-refractivity contribution in [2.24, 2.45) is 0 Å². The molecule has 0 fully saturated rings. The first-order chi connectivity index (χ1) is 8.40. The van der Waals surface area contributed by atoms with E-state index in [0.717, 1.165) is 0 Å². The number of nitrogens with one attached hydrogen (secondary N) is 2. The average molecular weight is 259 g/mol. The van der Waals surface area contributed by atoms with E-state index in [2.05, 4.69) is 15.4 Å². The van der Waals surface area contributed by atoms with Crippen molar-refractivity contribution < 1.29 is 19.1 Å². The molecule has 2 amide bonds. The number of esters is 1. The van der Waals surface area contributed by atoms with Crippen molar-refractivity contribution in [3.05, 3.63) is 0 Å². The first-order valence-corrected chi connectivity index (χ1v) is 5.70. The van der Waals surface area contributed by atoms with Gasteiger partial charge in [0.05, 0.1) is 13.7 Å². The maximum Gasteiger partial charge on any atom is 0.329 e. The standard InChI is InChI=1S/C11H21N3O4/c1-5-12-10(16)7-14(3)6-9(11(17)18-4)13-8(2)15/h9H,5-7H2,1-4H3,(H,12,16)(H,13,15). The molecule has 104 valence electrons. The maximum atomic E-state index is 11.4. The lowest BCUT2D eigenvalue weighted by atomic mass is 10.2. The zero-order valence-electron chi connectivity index (χ0n) is 11.3. The van der Waals surface area contributed by atoms with Crippen LogP contribution in [-0.4, -0.2) is 62.5 Å². The smallest absolute Gasteiger partial charge is 0.329 e. The molecule has 0 aliphatic heterocycles. The molecule has 7 heteroatoms. The highest BCUT2D eigenvalue weighted by molar-refractivity contribution is 5.83. The van der Waals surface area contributed by atoms with Gasteiger partial charge in [0.1, 0.15) is 6.04 Å². The summed E-state index contributed by atoms with van der Waals surface area (Å²) in [6.07, 6.45) is 0. The summed E-state index contributed by atoms with van der Waals surface area (Å²) in [7, 11) is 2.94. The lowest BCUT2D eigenvalue weighted by Gasteiger charge is -2.22. The second-order valence-electron chi connectivity index (χ2n) is 3.93. The van der Waals surface area contributed by atoms with Crippen LogP contribution in [0.15, 0.2) is 0 Å². The molecule has 7 nitrogen and oxygen atoms in total. The molecule has 0 aromatic carbocycles. The Labute approximate surface area is 107 Å². The SMILES string of the molecule is CCNC(=O)CN(C)CC(NC(C)=O)C(=O)OC. The normalized spacial score (nSPS) is 11.8. The zero-order chi connectivity index (χ0) is 14.1. The van der Waals surface area contributed by atoms with E-state index in [9.17, 15) is 14.4 Å². The van der Waals surface area contributed by atoms with Crippen LogP contribution in [0.1, 0.15) is 13.8 Å². The Morgan fingerprint density at radius 2 is 1.94 bits per heavy atom. The van der Waals surface area contributed by atoms with E-state index in [1.807, 2.05) is 6.92 Å². The molecule has 0 aromatic heterocycles. The minimum Gasteiger partial charge on any atom is -0.467 e. The van der Waals surface area contributed by atoms with Crippen LogP contribution < -0.4 is 10.6 Å². The number of ether oxygens (including phenoxy) is 1. The highest BCUT2D eigenvalue weighted by atomic mass is 16.5. The third-order valence-corrected chi connectivity index (χ3v) is 2.14. The summed E-state index contributed by atoms with van der Waals surface area (Å²) >= 11 is 0. The van der Waals surface area contributed by atoms with Gasteiger partial charge in [-0.25, -0.2) is 4.79 Å². The molecular formula is C11H21N3O4. The summed E-state index contributed by atoms with van der Waals surface area (Å²) in [5.74, 6) is -0.990. The van der Waals surface area contributed by atoms with Gasteiger partial charge in [-0.15, -0.1) is 0 Å². The van der Waals surface area contributed by atoms with Crippen LogP contribution in [0, 0.1) is 0 Å². The van der Waals surface area contributed by atoms with E-state index in [4.69, 9.17) is 0 Å². The predicted octanol–water partition coefficient (Wildman–Crippen LogP) is -1.27. The molecule has 0 spiro atoms. The minimum atomic E-state index is -0.771. The van der Waals surface area contributed by atoms with Crippen molar-refractivity contribution in [1.29, 1.82) is 0 Å². The number of rotatable bonds is 7. The van der Waals surface area contributed by atoms with E-state index >= 15 is 0 Å². The molecule has 0 aliphatic carbocycles. The summed E-state index contributed by atoms with van der Waals surface area (Å²) in [6.45, 7) is 4.06. The molecule has 0 rings (SSSR count). The molecule has 2 N–H and O–H groups in total. The Morgan fingerprint density at radius 3 is 2.39 bits per heavy atom. The minimum absolute atomic E-state index is 0.133. The van der Waals surface area contributed by atoms with Gasteiger partial charge in [0.2, 0.25) is 11.8 Å². The number of methoxy groups -OCH3 is 1. The van der Waals surface area contributed by atoms with Crippen LogP contribution in [0.4, 0.5) is 0 Å². The van der Waals surface area contributed by atoms with E-state index < -0.39 is 12.0 Å². The number of carbonyl (C=O) groups excluding carboxylic acids is 3. The average Bonchev–Trinajstić information content (AvgIpc) is 2.26. The first kappa shape index (κ1) is 16.4. The fraction of sp³-hybridized carbons (Fsp3) is 0.727. The Morgan fingerprint density at radius 1 is 1.33 bits per heavy atom. The lowest BCUT2D eigenvalue weighted by molar-refractivity contribution is -0.145. The summed E-state index contributed by atoms with van der Waals surface area (Å²) < 4.78 is 4.59. The summed E-state index contributed by atoms with van der Waals surface area (Å²) in [6, 6.07) is -0.771. The van der Waals surface area contributed by atoms with Gasteiger partial charge in [-0.3, -0.25) is 14.5 Å². The van der Waals surface area contributed by atoms with Crippen LogP contribution in [0.2, 0.25) is 0 Å². The number of nitrogens with zero attached hydrogens (tertiary/aromatic N) is 1. The Kier molecular flexibility index (Phi) is 7.69. The van der Waals surface area contributed by atoms with Crippen LogP contribution in [0.25, 0.3) is 0 Å². The summed E-state index contributed by atoms with van der Waals surface area (Å²) in [4.78, 5) is 35.4. The maximum absolute atomic E-state index is 11.4. The molecule has 0 heterocycles. The second kappa shape index (κ2) is 8.46. The molecule has 0 radical (unpaired) electrons. The zero-order valence-corrected chi connectivity index (χ0v) is 11.3. The van der Waals surface area contributed by atoms with Crippen molar-refractivity contribution in [2.45, 2.75) is 19.9 Å². The topological polar surface area (TPSA) is 87.7 Å². The number of hydrogen-bond donors (Lipinski definition) is 2. The summed E-state index contributed by atoms with van der Waals surface area (Å²) in [5.41, 5.74) is 0. The van der Waals surface area contributed by atoms with Crippen LogP contribution in [0.3, 0.4) is 0 Å². The van der Waals surface area contributed by atoms with Crippen molar-refractivity contribution >= 4 is 17.8 Å². The van der Waals surface area contributed by atoms with Crippen LogP contribution in [-0.2, 0) is 19.1 Å². The number of likely N-dealkylation sites (N-methyl/N-ethyl adjacent to an activating group) is 2. The van der Waals surface area contributed by atoms with Crippen molar-refractivity contribution in [3.8, 4) is 0 Å². The molecule has 0 saturated carbocycles. The van der Waals surface area contributed by atoms with E-state index in [1.54, 1.807) is 11.9 Å². The predicted molar refractivity (Wildman–Crippen MR) is 65.8 cm³/mol. The monoisotopic (exact) mass is 259 g/mol. The lowest BCUT2D eigenvalue weighted by Crippen LogP contribution is -2.49.